The van der Waals surface area contributed by atoms with Crippen LogP contribution in [0.4, 0.5) is 0 Å². The summed E-state index contributed by atoms with van der Waals surface area (Å²) in [6.45, 7) is 8.83. The van der Waals surface area contributed by atoms with Crippen molar-refractivity contribution < 1.29 is 0 Å². The van der Waals surface area contributed by atoms with Crippen molar-refractivity contribution in [3.8, 4) is 0 Å². The van der Waals surface area contributed by atoms with Gasteiger partial charge in [-0.05, 0) is 0 Å². The van der Waals surface area contributed by atoms with Crippen molar-refractivity contribution in [2.75, 3.05) is 0 Å². The first-order chi connectivity index (χ1) is 13.3. The first-order valence-corrected chi connectivity index (χ1v) is 14.5. The maximum atomic E-state index is 4.06. The molecule has 0 aliphatic carbocycles. The van der Waals surface area contributed by atoms with Gasteiger partial charge in [-0.3, -0.25) is 0 Å². The van der Waals surface area contributed by atoms with Crippen molar-refractivity contribution in [3.05, 3.63) is 103 Å². The summed E-state index contributed by atoms with van der Waals surface area (Å²) in [5.74, 6) is 0.536. The van der Waals surface area contributed by atoms with Crippen LogP contribution in [0, 0.1) is 0 Å². The van der Waals surface area contributed by atoms with E-state index in [9.17, 15) is 0 Å². The molecular formula is C26H29Sn. The SMILES string of the molecule is C=Cc1ccccc1C(C)[CH](CCC)[Sn]([c]1ccccc1)[c]1ccccc1. The summed E-state index contributed by atoms with van der Waals surface area (Å²) < 4.78 is 3.93. The van der Waals surface area contributed by atoms with Gasteiger partial charge in [0.15, 0.2) is 0 Å². The first kappa shape index (κ1) is 19.9. The molecule has 27 heavy (non-hydrogen) atoms. The standard InChI is InChI=1S/C14H19.2C6H5.Sn/c1-4-6-9-12(3)14-11-8-7-10-13(14)5-2;2*1-2-4-6-5-3-1;/h5,7-12H,2,4,6H2,1,3H3;2*1-5H;. The molecule has 1 radical (unpaired) electrons. The van der Waals surface area contributed by atoms with E-state index in [0.29, 0.717) is 5.92 Å². The minimum atomic E-state index is -2.11. The number of hydrogen-bond donors (Lipinski definition) is 0. The molecule has 3 aromatic rings. The second-order valence-electron chi connectivity index (χ2n) is 7.16. The summed E-state index contributed by atoms with van der Waals surface area (Å²) in [5.41, 5.74) is 2.74. The summed E-state index contributed by atoms with van der Waals surface area (Å²) in [6.07, 6.45) is 4.53. The molecule has 0 N–H and O–H groups in total. The van der Waals surface area contributed by atoms with E-state index in [2.05, 4.69) is 105 Å². The molecule has 0 aliphatic heterocycles. The van der Waals surface area contributed by atoms with Crippen molar-refractivity contribution in [1.82, 2.24) is 0 Å². The molecule has 3 rings (SSSR count). The zero-order valence-corrected chi connectivity index (χ0v) is 19.3. The van der Waals surface area contributed by atoms with Gasteiger partial charge in [-0.25, -0.2) is 0 Å². The molecule has 2 unspecified atom stereocenters. The quantitative estimate of drug-likeness (QED) is 0.367. The van der Waals surface area contributed by atoms with E-state index in [-0.39, 0.29) is 0 Å². The van der Waals surface area contributed by atoms with Crippen LogP contribution >= 0.6 is 0 Å². The summed E-state index contributed by atoms with van der Waals surface area (Å²) in [7, 11) is 0. The van der Waals surface area contributed by atoms with Crippen molar-refractivity contribution >= 4 is 33.0 Å². The molecule has 137 valence electrons. The Morgan fingerprint density at radius 1 is 0.815 bits per heavy atom. The third-order valence-electron chi connectivity index (χ3n) is 5.45. The van der Waals surface area contributed by atoms with Crippen LogP contribution in [0.15, 0.2) is 91.5 Å². The zero-order chi connectivity index (χ0) is 19.1. The normalized spacial score (nSPS) is 13.3. The van der Waals surface area contributed by atoms with Gasteiger partial charge >= 0.3 is 172 Å². The molecule has 0 spiro atoms. The summed E-state index contributed by atoms with van der Waals surface area (Å²) in [4.78, 5) is 0. The van der Waals surface area contributed by atoms with Crippen LogP contribution in [-0.4, -0.2) is 19.8 Å². The van der Waals surface area contributed by atoms with Gasteiger partial charge in [0.2, 0.25) is 0 Å². The fourth-order valence-corrected chi connectivity index (χ4v) is 14.2. The molecule has 3 aromatic carbocycles. The Hall–Kier alpha value is -1.80. The van der Waals surface area contributed by atoms with E-state index in [1.54, 1.807) is 7.16 Å². The molecule has 0 saturated heterocycles. The van der Waals surface area contributed by atoms with Gasteiger partial charge in [0.25, 0.3) is 0 Å². The third-order valence-corrected chi connectivity index (χ3v) is 15.3. The number of hydrogen-bond acceptors (Lipinski definition) is 0. The summed E-state index contributed by atoms with van der Waals surface area (Å²) in [5, 5.41) is 0. The fourth-order valence-electron chi connectivity index (χ4n) is 4.11. The fraction of sp³-hybridized carbons (Fsp3) is 0.231. The van der Waals surface area contributed by atoms with Gasteiger partial charge in [0, 0.05) is 0 Å². The molecule has 0 amide bonds. The van der Waals surface area contributed by atoms with Gasteiger partial charge in [-0.15, -0.1) is 0 Å². The monoisotopic (exact) mass is 461 g/mol. The minimum absolute atomic E-state index is 0.536. The van der Waals surface area contributed by atoms with E-state index in [1.807, 2.05) is 6.08 Å². The molecular weight excluding hydrogens is 431 g/mol. The summed E-state index contributed by atoms with van der Waals surface area (Å²) >= 11 is -2.11. The van der Waals surface area contributed by atoms with Crippen LogP contribution in [0.5, 0.6) is 0 Å². The molecule has 0 aliphatic rings. The van der Waals surface area contributed by atoms with Gasteiger partial charge in [-0.1, -0.05) is 0 Å². The van der Waals surface area contributed by atoms with Gasteiger partial charge in [0.1, 0.15) is 0 Å². The molecule has 1 heteroatoms. The second kappa shape index (κ2) is 9.94. The predicted molar refractivity (Wildman–Crippen MR) is 122 cm³/mol. The number of benzene rings is 3. The molecule has 0 heterocycles. The Balaban J connectivity index is 2.09. The molecule has 0 aromatic heterocycles. The second-order valence-corrected chi connectivity index (χ2v) is 14.9. The van der Waals surface area contributed by atoms with Crippen LogP contribution < -0.4 is 7.16 Å². The summed E-state index contributed by atoms with van der Waals surface area (Å²) in [6, 6.07) is 31.4. The van der Waals surface area contributed by atoms with E-state index in [0.717, 1.165) is 3.93 Å². The molecule has 0 saturated carbocycles. The molecule has 2 atom stereocenters. The Bertz CT molecular complexity index is 799. The van der Waals surface area contributed by atoms with Crippen molar-refractivity contribution in [3.63, 3.8) is 0 Å². The van der Waals surface area contributed by atoms with Crippen LogP contribution in [0.1, 0.15) is 43.7 Å². The van der Waals surface area contributed by atoms with Gasteiger partial charge in [-0.2, -0.15) is 0 Å². The van der Waals surface area contributed by atoms with Crippen molar-refractivity contribution in [1.29, 1.82) is 0 Å². The van der Waals surface area contributed by atoms with E-state index < -0.39 is 19.8 Å². The van der Waals surface area contributed by atoms with E-state index in [1.165, 1.54) is 24.0 Å². The van der Waals surface area contributed by atoms with Crippen LogP contribution in [-0.2, 0) is 0 Å². The molecule has 0 bridgehead atoms. The van der Waals surface area contributed by atoms with Crippen LogP contribution in [0.2, 0.25) is 3.93 Å². The average Bonchev–Trinajstić information content (AvgIpc) is 2.74. The van der Waals surface area contributed by atoms with Crippen molar-refractivity contribution in [2.24, 2.45) is 0 Å². The predicted octanol–water partition coefficient (Wildman–Crippen LogP) is 5.91. The van der Waals surface area contributed by atoms with Crippen LogP contribution in [0.3, 0.4) is 0 Å². The topological polar surface area (TPSA) is 0 Å². The number of rotatable bonds is 8. The van der Waals surface area contributed by atoms with E-state index in [4.69, 9.17) is 0 Å². The third kappa shape index (κ3) is 4.73. The van der Waals surface area contributed by atoms with Gasteiger partial charge < -0.3 is 0 Å². The zero-order valence-electron chi connectivity index (χ0n) is 16.4. The average molecular weight is 460 g/mol. The van der Waals surface area contributed by atoms with Crippen molar-refractivity contribution in [2.45, 2.75) is 36.5 Å². The van der Waals surface area contributed by atoms with Gasteiger partial charge in [0.05, 0.1) is 0 Å². The first-order valence-electron chi connectivity index (χ1n) is 9.95. The van der Waals surface area contributed by atoms with E-state index >= 15 is 0 Å². The molecule has 0 nitrogen and oxygen atoms in total. The molecule has 0 fully saturated rings. The van der Waals surface area contributed by atoms with Crippen LogP contribution in [0.25, 0.3) is 6.08 Å². The Morgan fingerprint density at radius 3 is 1.85 bits per heavy atom. The Labute approximate surface area is 171 Å². The maximum absolute atomic E-state index is 4.06. The Morgan fingerprint density at radius 2 is 1.33 bits per heavy atom. The Kier molecular flexibility index (Phi) is 7.34.